The normalized spacial score (nSPS) is 12.5. The van der Waals surface area contributed by atoms with Crippen LogP contribution in [0.4, 0.5) is 0 Å². The van der Waals surface area contributed by atoms with Crippen molar-refractivity contribution < 1.29 is 28.6 Å². The molecule has 0 aromatic carbocycles. The highest BCUT2D eigenvalue weighted by molar-refractivity contribution is 5.71. The maximum atomic E-state index is 12.8. The number of carbonyl (C=O) groups excluding carboxylic acids is 3. The predicted octanol–water partition coefficient (Wildman–Crippen LogP) is 17.6. The molecule has 6 heteroatoms. The molecule has 0 aromatic rings. The van der Waals surface area contributed by atoms with E-state index in [4.69, 9.17) is 14.2 Å². The molecule has 364 valence electrons. The molecule has 0 bridgehead atoms. The summed E-state index contributed by atoms with van der Waals surface area (Å²) in [6, 6.07) is 0. The summed E-state index contributed by atoms with van der Waals surface area (Å²) in [5.41, 5.74) is 0. The molecular formula is C57H100O6. The molecule has 0 saturated heterocycles. The summed E-state index contributed by atoms with van der Waals surface area (Å²) < 4.78 is 16.8. The summed E-state index contributed by atoms with van der Waals surface area (Å²) in [5, 5.41) is 0. The zero-order chi connectivity index (χ0) is 45.8. The molecule has 0 aromatic heterocycles. The van der Waals surface area contributed by atoms with E-state index in [0.717, 1.165) is 70.6 Å². The standard InChI is InChI=1S/C57H100O6/c1-4-7-10-13-16-19-22-25-27-28-30-32-35-38-41-44-47-50-56(59)62-53-54(52-61-55(58)49-46-43-40-37-34-31-24-21-18-15-12-9-6-3)63-57(60)51-48-45-42-39-36-33-29-26-23-20-17-14-11-8-5-2/h16,19,21,24-25,27,30,32,38,41,54H,4-15,17-18,20,22-23,26,28-29,31,33-37,39-40,42-53H2,1-3H3/b19-16-,24-21-,27-25-,32-30-,41-38-/t54-/m1/s1. The highest BCUT2D eigenvalue weighted by Gasteiger charge is 2.19. The van der Waals surface area contributed by atoms with Gasteiger partial charge in [-0.05, 0) is 83.5 Å². The average Bonchev–Trinajstić information content (AvgIpc) is 3.28. The first-order valence-corrected chi connectivity index (χ1v) is 26.8. The molecule has 0 N–H and O–H groups in total. The van der Waals surface area contributed by atoms with Crippen molar-refractivity contribution in [1.82, 2.24) is 0 Å². The molecule has 0 saturated carbocycles. The third-order valence-electron chi connectivity index (χ3n) is 11.5. The number of hydrogen-bond acceptors (Lipinski definition) is 6. The maximum Gasteiger partial charge on any atom is 0.306 e. The Kier molecular flexibility index (Phi) is 49.4. The van der Waals surface area contributed by atoms with Crippen LogP contribution in [-0.4, -0.2) is 37.2 Å². The molecule has 0 aliphatic rings. The zero-order valence-corrected chi connectivity index (χ0v) is 41.6. The number of allylic oxidation sites excluding steroid dienone is 10. The Bertz CT molecular complexity index is 1150. The van der Waals surface area contributed by atoms with Gasteiger partial charge in [0.2, 0.25) is 0 Å². The van der Waals surface area contributed by atoms with Gasteiger partial charge in [-0.25, -0.2) is 0 Å². The van der Waals surface area contributed by atoms with Gasteiger partial charge in [-0.1, -0.05) is 223 Å². The van der Waals surface area contributed by atoms with Crippen LogP contribution in [0.15, 0.2) is 60.8 Å². The summed E-state index contributed by atoms with van der Waals surface area (Å²) in [6.07, 6.45) is 63.5. The number of esters is 3. The van der Waals surface area contributed by atoms with Gasteiger partial charge >= 0.3 is 17.9 Å². The van der Waals surface area contributed by atoms with E-state index in [1.54, 1.807) is 0 Å². The van der Waals surface area contributed by atoms with Gasteiger partial charge in [0.05, 0.1) is 0 Å². The number of unbranched alkanes of at least 4 members (excludes halogenated alkanes) is 27. The van der Waals surface area contributed by atoms with E-state index in [1.165, 1.54) is 148 Å². The summed E-state index contributed by atoms with van der Waals surface area (Å²) in [5.74, 6) is -0.952. The van der Waals surface area contributed by atoms with Gasteiger partial charge < -0.3 is 14.2 Å². The molecule has 0 rings (SSSR count). The number of rotatable bonds is 48. The van der Waals surface area contributed by atoms with E-state index in [0.29, 0.717) is 19.3 Å². The quantitative estimate of drug-likeness (QED) is 0.0262. The van der Waals surface area contributed by atoms with Crippen LogP contribution in [0.25, 0.3) is 0 Å². The molecule has 0 heterocycles. The summed E-state index contributed by atoms with van der Waals surface area (Å²) in [7, 11) is 0. The van der Waals surface area contributed by atoms with Crippen LogP contribution < -0.4 is 0 Å². The van der Waals surface area contributed by atoms with E-state index in [9.17, 15) is 14.4 Å². The Morgan fingerprint density at radius 2 is 0.587 bits per heavy atom. The molecular weight excluding hydrogens is 781 g/mol. The highest BCUT2D eigenvalue weighted by atomic mass is 16.6. The fourth-order valence-electron chi connectivity index (χ4n) is 7.43. The Morgan fingerprint density at radius 1 is 0.317 bits per heavy atom. The minimum Gasteiger partial charge on any atom is -0.462 e. The second kappa shape index (κ2) is 51.7. The molecule has 0 amide bonds. The van der Waals surface area contributed by atoms with E-state index < -0.39 is 6.10 Å². The van der Waals surface area contributed by atoms with Gasteiger partial charge in [0.1, 0.15) is 13.2 Å². The van der Waals surface area contributed by atoms with Crippen molar-refractivity contribution >= 4 is 17.9 Å². The van der Waals surface area contributed by atoms with Crippen molar-refractivity contribution in [2.45, 2.75) is 271 Å². The van der Waals surface area contributed by atoms with Crippen LogP contribution in [0, 0.1) is 0 Å². The smallest absolute Gasteiger partial charge is 0.306 e. The third kappa shape index (κ3) is 50.0. The van der Waals surface area contributed by atoms with E-state index in [-0.39, 0.29) is 37.5 Å². The fourth-order valence-corrected chi connectivity index (χ4v) is 7.43. The average molecular weight is 881 g/mol. The molecule has 63 heavy (non-hydrogen) atoms. The van der Waals surface area contributed by atoms with Crippen LogP contribution in [-0.2, 0) is 28.6 Å². The van der Waals surface area contributed by atoms with Crippen LogP contribution in [0.5, 0.6) is 0 Å². The second-order valence-corrected chi connectivity index (χ2v) is 17.8. The molecule has 0 fully saturated rings. The molecule has 0 aliphatic heterocycles. The first kappa shape index (κ1) is 60.1. The van der Waals surface area contributed by atoms with Crippen LogP contribution >= 0.6 is 0 Å². The SMILES string of the molecule is CCCCC/C=C\C/C=C\C/C=C\C/C=C\CCCC(=O)OC[C@@H](COC(=O)CCCCCCC/C=C\CCCCCC)OC(=O)CCCCCCCCCCCCCCCCC. The first-order chi connectivity index (χ1) is 31.0. The predicted molar refractivity (Wildman–Crippen MR) is 270 cm³/mol. The fraction of sp³-hybridized carbons (Fsp3) is 0.772. The topological polar surface area (TPSA) is 78.9 Å². The number of hydrogen-bond donors (Lipinski definition) is 0. The van der Waals surface area contributed by atoms with Crippen molar-refractivity contribution in [3.8, 4) is 0 Å². The summed E-state index contributed by atoms with van der Waals surface area (Å²) >= 11 is 0. The lowest BCUT2D eigenvalue weighted by atomic mass is 10.0. The van der Waals surface area contributed by atoms with Crippen molar-refractivity contribution in [3.63, 3.8) is 0 Å². The molecule has 0 unspecified atom stereocenters. The van der Waals surface area contributed by atoms with Crippen molar-refractivity contribution in [1.29, 1.82) is 0 Å². The number of ether oxygens (including phenoxy) is 3. The van der Waals surface area contributed by atoms with Gasteiger partial charge in [-0.15, -0.1) is 0 Å². The van der Waals surface area contributed by atoms with E-state index >= 15 is 0 Å². The molecule has 0 radical (unpaired) electrons. The first-order valence-electron chi connectivity index (χ1n) is 26.8. The maximum absolute atomic E-state index is 12.8. The van der Waals surface area contributed by atoms with E-state index in [2.05, 4.69) is 81.5 Å². The Hall–Kier alpha value is -2.89. The van der Waals surface area contributed by atoms with Gasteiger partial charge in [0.15, 0.2) is 6.10 Å². The lowest BCUT2D eigenvalue weighted by Gasteiger charge is -2.18. The molecule has 0 spiro atoms. The zero-order valence-electron chi connectivity index (χ0n) is 41.6. The Morgan fingerprint density at radius 3 is 1.02 bits per heavy atom. The minimum absolute atomic E-state index is 0.0935. The number of carbonyl (C=O) groups is 3. The molecule has 0 aliphatic carbocycles. The molecule has 6 nitrogen and oxygen atoms in total. The van der Waals surface area contributed by atoms with Crippen LogP contribution in [0.2, 0.25) is 0 Å². The summed E-state index contributed by atoms with van der Waals surface area (Å²) in [4.78, 5) is 38.0. The minimum atomic E-state index is -0.796. The van der Waals surface area contributed by atoms with Crippen molar-refractivity contribution in [2.24, 2.45) is 0 Å². The lowest BCUT2D eigenvalue weighted by molar-refractivity contribution is -0.167. The molecule has 1 atom stereocenters. The third-order valence-corrected chi connectivity index (χ3v) is 11.5. The van der Waals surface area contributed by atoms with E-state index in [1.807, 2.05) is 0 Å². The van der Waals surface area contributed by atoms with Crippen LogP contribution in [0.3, 0.4) is 0 Å². The van der Waals surface area contributed by atoms with Crippen molar-refractivity contribution in [2.75, 3.05) is 13.2 Å². The Labute approximate surface area is 390 Å². The van der Waals surface area contributed by atoms with Crippen LogP contribution in [0.1, 0.15) is 265 Å². The van der Waals surface area contributed by atoms with Gasteiger partial charge in [0.25, 0.3) is 0 Å². The Balaban J connectivity index is 4.46. The summed E-state index contributed by atoms with van der Waals surface area (Å²) in [6.45, 7) is 6.56. The van der Waals surface area contributed by atoms with Gasteiger partial charge in [-0.2, -0.15) is 0 Å². The monoisotopic (exact) mass is 881 g/mol. The lowest BCUT2D eigenvalue weighted by Crippen LogP contribution is -2.30. The van der Waals surface area contributed by atoms with Gasteiger partial charge in [0, 0.05) is 19.3 Å². The highest BCUT2D eigenvalue weighted by Crippen LogP contribution is 2.15. The van der Waals surface area contributed by atoms with Gasteiger partial charge in [-0.3, -0.25) is 14.4 Å². The second-order valence-electron chi connectivity index (χ2n) is 17.8. The van der Waals surface area contributed by atoms with Crippen molar-refractivity contribution in [3.05, 3.63) is 60.8 Å². The largest absolute Gasteiger partial charge is 0.462 e.